The second-order valence-electron chi connectivity index (χ2n) is 7.46. The zero-order valence-electron chi connectivity index (χ0n) is 15.7. The van der Waals surface area contributed by atoms with Crippen LogP contribution in [-0.4, -0.2) is 62.6 Å². The van der Waals surface area contributed by atoms with Crippen molar-refractivity contribution in [2.75, 3.05) is 26.2 Å². The Morgan fingerprint density at radius 2 is 1.89 bits per heavy atom. The number of hydrogen-bond acceptors (Lipinski definition) is 5. The summed E-state index contributed by atoms with van der Waals surface area (Å²) < 4.78 is 1.68. The third-order valence-corrected chi connectivity index (χ3v) is 5.59. The van der Waals surface area contributed by atoms with E-state index in [2.05, 4.69) is 19.9 Å². The zero-order chi connectivity index (χ0) is 18.5. The molecule has 0 bridgehead atoms. The van der Waals surface area contributed by atoms with Gasteiger partial charge in [0.1, 0.15) is 12.7 Å². The number of hydrogen-bond donors (Lipinski definition) is 0. The van der Waals surface area contributed by atoms with Crippen molar-refractivity contribution >= 4 is 5.78 Å². The van der Waals surface area contributed by atoms with Crippen LogP contribution in [0.15, 0.2) is 49.2 Å². The van der Waals surface area contributed by atoms with Gasteiger partial charge in [0.05, 0.1) is 5.69 Å². The molecule has 1 atom stereocenters. The second kappa shape index (κ2) is 8.48. The van der Waals surface area contributed by atoms with Gasteiger partial charge in [-0.2, -0.15) is 5.10 Å². The van der Waals surface area contributed by atoms with Crippen molar-refractivity contribution in [2.24, 2.45) is 0 Å². The lowest BCUT2D eigenvalue weighted by Gasteiger charge is -2.32. The van der Waals surface area contributed by atoms with Crippen LogP contribution in [0.5, 0.6) is 0 Å². The molecule has 3 heterocycles. The third kappa shape index (κ3) is 4.45. The van der Waals surface area contributed by atoms with E-state index in [4.69, 9.17) is 0 Å². The van der Waals surface area contributed by atoms with E-state index in [1.807, 2.05) is 30.5 Å². The van der Waals surface area contributed by atoms with Crippen LogP contribution in [0.25, 0.3) is 5.69 Å². The topological polar surface area (TPSA) is 54.3 Å². The van der Waals surface area contributed by atoms with Gasteiger partial charge >= 0.3 is 0 Å². The van der Waals surface area contributed by atoms with Crippen LogP contribution in [0.4, 0.5) is 0 Å². The lowest BCUT2D eigenvalue weighted by atomic mass is 10.1. The summed E-state index contributed by atoms with van der Waals surface area (Å²) in [5.41, 5.74) is 1.59. The van der Waals surface area contributed by atoms with Gasteiger partial charge in [-0.1, -0.05) is 6.42 Å². The number of carbonyl (C=O) groups is 1. The zero-order valence-corrected chi connectivity index (χ0v) is 15.7. The summed E-state index contributed by atoms with van der Waals surface area (Å²) in [4.78, 5) is 21.4. The summed E-state index contributed by atoms with van der Waals surface area (Å²) in [6.07, 6.45) is 13.3. The van der Waals surface area contributed by atoms with Crippen LogP contribution in [-0.2, 0) is 0 Å². The van der Waals surface area contributed by atoms with Gasteiger partial charge in [0, 0.05) is 37.0 Å². The molecule has 2 aliphatic heterocycles. The van der Waals surface area contributed by atoms with Gasteiger partial charge in [-0.05, 0) is 63.0 Å². The minimum atomic E-state index is 0.0452. The molecule has 142 valence electrons. The Labute approximate surface area is 160 Å². The van der Waals surface area contributed by atoms with E-state index >= 15 is 0 Å². The first-order valence-corrected chi connectivity index (χ1v) is 9.95. The van der Waals surface area contributed by atoms with E-state index < -0.39 is 0 Å². The van der Waals surface area contributed by atoms with Crippen LogP contribution < -0.4 is 0 Å². The lowest BCUT2D eigenvalue weighted by molar-refractivity contribution is 0.104. The molecule has 1 aromatic carbocycles. The van der Waals surface area contributed by atoms with Crippen molar-refractivity contribution in [3.8, 4) is 5.69 Å². The average Bonchev–Trinajstić information content (AvgIpc) is 3.39. The highest BCUT2D eigenvalue weighted by Crippen LogP contribution is 2.21. The molecule has 2 saturated heterocycles. The molecule has 0 radical (unpaired) electrons. The van der Waals surface area contributed by atoms with Crippen molar-refractivity contribution < 1.29 is 4.79 Å². The third-order valence-electron chi connectivity index (χ3n) is 5.59. The van der Waals surface area contributed by atoms with Crippen molar-refractivity contribution in [3.05, 3.63) is 54.8 Å². The fraction of sp³-hybridized carbons (Fsp3) is 0.476. The summed E-state index contributed by atoms with van der Waals surface area (Å²) in [7, 11) is 0. The Morgan fingerprint density at radius 1 is 1.07 bits per heavy atom. The minimum absolute atomic E-state index is 0.0452. The molecule has 0 spiro atoms. The summed E-state index contributed by atoms with van der Waals surface area (Å²) >= 11 is 0. The van der Waals surface area contributed by atoms with Crippen LogP contribution in [0, 0.1) is 0 Å². The van der Waals surface area contributed by atoms with Gasteiger partial charge in [0.15, 0.2) is 5.78 Å². The molecule has 2 fully saturated rings. The maximum atomic E-state index is 12.5. The quantitative estimate of drug-likeness (QED) is 0.582. The van der Waals surface area contributed by atoms with Crippen LogP contribution in [0.3, 0.4) is 0 Å². The van der Waals surface area contributed by atoms with E-state index in [9.17, 15) is 4.79 Å². The molecule has 0 unspecified atom stereocenters. The van der Waals surface area contributed by atoms with Gasteiger partial charge in [0.2, 0.25) is 0 Å². The molecule has 6 nitrogen and oxygen atoms in total. The molecule has 4 rings (SSSR count). The Hall–Kier alpha value is -2.47. The summed E-state index contributed by atoms with van der Waals surface area (Å²) in [5.74, 6) is 0.0452. The number of ketones is 1. The Bertz CT molecular complexity index is 762. The highest BCUT2D eigenvalue weighted by Gasteiger charge is 2.24. The van der Waals surface area contributed by atoms with Crippen molar-refractivity contribution in [1.82, 2.24) is 24.6 Å². The normalized spacial score (nSPS) is 21.2. The van der Waals surface area contributed by atoms with Crippen LogP contribution in [0.1, 0.15) is 42.5 Å². The van der Waals surface area contributed by atoms with Crippen LogP contribution >= 0.6 is 0 Å². The first-order chi connectivity index (χ1) is 13.3. The van der Waals surface area contributed by atoms with E-state index in [1.165, 1.54) is 51.5 Å². The standard InChI is InChI=1S/C21H27N5O/c27-21(18-6-8-19(9-7-18)26-17-22-16-23-26)10-14-25-13-4-5-20(25)15-24-11-2-1-3-12-24/h6-10,14,16-17,20H,1-5,11-13,15H2/b14-10+/t20-/m0/s1. The van der Waals surface area contributed by atoms with Gasteiger partial charge in [-0.3, -0.25) is 4.79 Å². The number of allylic oxidation sites excluding steroid dienone is 1. The summed E-state index contributed by atoms with van der Waals surface area (Å²) in [6.45, 7) is 4.63. The van der Waals surface area contributed by atoms with Gasteiger partial charge < -0.3 is 9.80 Å². The van der Waals surface area contributed by atoms with Crippen molar-refractivity contribution in [2.45, 2.75) is 38.1 Å². The molecular weight excluding hydrogens is 338 g/mol. The first kappa shape index (κ1) is 17.9. The average molecular weight is 365 g/mol. The van der Waals surface area contributed by atoms with E-state index in [0.29, 0.717) is 11.6 Å². The number of nitrogens with zero attached hydrogens (tertiary/aromatic N) is 5. The number of piperidine rings is 1. The molecule has 2 aromatic rings. The molecule has 1 aromatic heterocycles. The Balaban J connectivity index is 1.35. The van der Waals surface area contributed by atoms with E-state index in [1.54, 1.807) is 17.1 Å². The first-order valence-electron chi connectivity index (χ1n) is 9.95. The predicted octanol–water partition coefficient (Wildman–Crippen LogP) is 2.91. The number of aromatic nitrogens is 3. The highest BCUT2D eigenvalue weighted by molar-refractivity contribution is 6.04. The fourth-order valence-electron chi connectivity index (χ4n) is 4.07. The second-order valence-corrected chi connectivity index (χ2v) is 7.46. The molecule has 0 N–H and O–H groups in total. The minimum Gasteiger partial charge on any atom is -0.373 e. The van der Waals surface area contributed by atoms with E-state index in [0.717, 1.165) is 18.8 Å². The monoisotopic (exact) mass is 365 g/mol. The summed E-state index contributed by atoms with van der Waals surface area (Å²) in [6, 6.07) is 8.02. The molecule has 2 aliphatic rings. The Morgan fingerprint density at radius 3 is 2.63 bits per heavy atom. The summed E-state index contributed by atoms with van der Waals surface area (Å²) in [5, 5.41) is 4.10. The lowest BCUT2D eigenvalue weighted by Crippen LogP contribution is -2.40. The fourth-order valence-corrected chi connectivity index (χ4v) is 4.07. The molecule has 6 heteroatoms. The maximum absolute atomic E-state index is 12.5. The molecule has 27 heavy (non-hydrogen) atoms. The number of likely N-dealkylation sites (tertiary alicyclic amines) is 2. The maximum Gasteiger partial charge on any atom is 0.187 e. The molecule has 0 saturated carbocycles. The Kier molecular flexibility index (Phi) is 5.63. The molecule has 0 aliphatic carbocycles. The van der Waals surface area contributed by atoms with Crippen molar-refractivity contribution in [1.29, 1.82) is 0 Å². The van der Waals surface area contributed by atoms with Crippen LogP contribution in [0.2, 0.25) is 0 Å². The van der Waals surface area contributed by atoms with Gasteiger partial charge in [-0.25, -0.2) is 9.67 Å². The predicted molar refractivity (Wildman–Crippen MR) is 105 cm³/mol. The van der Waals surface area contributed by atoms with Crippen molar-refractivity contribution in [3.63, 3.8) is 0 Å². The van der Waals surface area contributed by atoms with Gasteiger partial charge in [0.25, 0.3) is 0 Å². The number of benzene rings is 1. The number of rotatable bonds is 6. The highest BCUT2D eigenvalue weighted by atomic mass is 16.1. The molecular formula is C21H27N5O. The smallest absolute Gasteiger partial charge is 0.187 e. The largest absolute Gasteiger partial charge is 0.373 e. The van der Waals surface area contributed by atoms with Gasteiger partial charge in [-0.15, -0.1) is 0 Å². The van der Waals surface area contributed by atoms with E-state index in [-0.39, 0.29) is 5.78 Å². The SMILES string of the molecule is O=C(/C=C/N1CCC[C@H]1CN1CCCCC1)c1ccc(-n2cncn2)cc1. The molecule has 0 amide bonds. The number of carbonyl (C=O) groups excluding carboxylic acids is 1.